The highest BCUT2D eigenvalue weighted by Crippen LogP contribution is 2.20. The highest BCUT2D eigenvalue weighted by atomic mass is 79.9. The smallest absolute Gasteiger partial charge is 0.111 e. The molecule has 0 amide bonds. The zero-order valence-corrected chi connectivity index (χ0v) is 12.1. The molecule has 1 heterocycles. The molecule has 1 N–H and O–H groups in total. The number of imidazole rings is 1. The molecular weight excluding hydrogens is 278 g/mol. The molecule has 0 aliphatic rings. The number of aryl methyl sites for hydroxylation is 1. The van der Waals surface area contributed by atoms with Crippen LogP contribution < -0.4 is 5.32 Å². The summed E-state index contributed by atoms with van der Waals surface area (Å²) in [7, 11) is 2.08. The van der Waals surface area contributed by atoms with Gasteiger partial charge in [0.2, 0.25) is 0 Å². The topological polar surface area (TPSA) is 29.9 Å². The fraction of sp³-hybridized carbons (Fsp3) is 0.462. The quantitative estimate of drug-likeness (QED) is 0.940. The van der Waals surface area contributed by atoms with Crippen molar-refractivity contribution in [2.75, 3.05) is 6.54 Å². The summed E-state index contributed by atoms with van der Waals surface area (Å²) >= 11 is 3.48. The van der Waals surface area contributed by atoms with Crippen molar-refractivity contribution in [1.29, 1.82) is 0 Å². The van der Waals surface area contributed by atoms with Gasteiger partial charge in [0.25, 0.3) is 0 Å². The summed E-state index contributed by atoms with van der Waals surface area (Å²) in [5.41, 5.74) is 2.24. The van der Waals surface area contributed by atoms with Crippen molar-refractivity contribution in [2.45, 2.75) is 26.3 Å². The van der Waals surface area contributed by atoms with Crippen LogP contribution in [-0.4, -0.2) is 22.1 Å². The monoisotopic (exact) mass is 295 g/mol. The van der Waals surface area contributed by atoms with Crippen LogP contribution in [0.5, 0.6) is 0 Å². The average Bonchev–Trinajstić information content (AvgIpc) is 2.55. The molecule has 0 bridgehead atoms. The van der Waals surface area contributed by atoms with Crippen LogP contribution in [0.4, 0.5) is 0 Å². The van der Waals surface area contributed by atoms with E-state index in [0.29, 0.717) is 6.04 Å². The molecule has 4 heteroatoms. The van der Waals surface area contributed by atoms with E-state index in [9.17, 15) is 0 Å². The summed E-state index contributed by atoms with van der Waals surface area (Å²) in [5, 5.41) is 3.41. The molecule has 0 spiro atoms. The van der Waals surface area contributed by atoms with Crippen molar-refractivity contribution in [3.8, 4) is 0 Å². The number of benzene rings is 1. The molecule has 2 aromatic rings. The average molecular weight is 296 g/mol. The van der Waals surface area contributed by atoms with E-state index < -0.39 is 0 Å². The van der Waals surface area contributed by atoms with Crippen LogP contribution in [0, 0.1) is 0 Å². The number of aromatic nitrogens is 2. The van der Waals surface area contributed by atoms with Crippen LogP contribution >= 0.6 is 15.9 Å². The molecule has 0 saturated heterocycles. The van der Waals surface area contributed by atoms with E-state index in [2.05, 4.69) is 69.9 Å². The van der Waals surface area contributed by atoms with Gasteiger partial charge in [-0.2, -0.15) is 0 Å². The Morgan fingerprint density at radius 2 is 2.24 bits per heavy atom. The molecular formula is C13H18BrN3. The van der Waals surface area contributed by atoms with Crippen molar-refractivity contribution in [1.82, 2.24) is 14.9 Å². The Balaban J connectivity index is 2.32. The summed E-state index contributed by atoms with van der Waals surface area (Å²) in [6.07, 6.45) is 0.955. The zero-order valence-electron chi connectivity index (χ0n) is 10.5. The van der Waals surface area contributed by atoms with Crippen LogP contribution in [0.15, 0.2) is 22.7 Å². The lowest BCUT2D eigenvalue weighted by Gasteiger charge is -2.11. The van der Waals surface area contributed by atoms with Gasteiger partial charge in [-0.15, -0.1) is 0 Å². The first kappa shape index (κ1) is 12.6. The molecule has 92 valence electrons. The Morgan fingerprint density at radius 1 is 1.47 bits per heavy atom. The first-order valence-electron chi connectivity index (χ1n) is 5.96. The van der Waals surface area contributed by atoms with E-state index in [1.807, 2.05) is 0 Å². The summed E-state index contributed by atoms with van der Waals surface area (Å²) in [4.78, 5) is 4.69. The molecule has 0 aliphatic heterocycles. The molecule has 0 aliphatic carbocycles. The van der Waals surface area contributed by atoms with Crippen LogP contribution in [0.2, 0.25) is 0 Å². The SMILES string of the molecule is CCNC(C)Cc1nc2cc(Br)ccc2n1C. The summed E-state index contributed by atoms with van der Waals surface area (Å²) < 4.78 is 3.25. The van der Waals surface area contributed by atoms with Gasteiger partial charge in [-0.1, -0.05) is 22.9 Å². The molecule has 1 atom stereocenters. The van der Waals surface area contributed by atoms with E-state index in [-0.39, 0.29) is 0 Å². The number of likely N-dealkylation sites (N-methyl/N-ethyl adjacent to an activating group) is 1. The van der Waals surface area contributed by atoms with Crippen LogP contribution in [0.25, 0.3) is 11.0 Å². The molecule has 1 aromatic heterocycles. The van der Waals surface area contributed by atoms with E-state index in [1.54, 1.807) is 0 Å². The Hall–Kier alpha value is -0.870. The number of hydrogen-bond donors (Lipinski definition) is 1. The minimum Gasteiger partial charge on any atom is -0.331 e. The fourth-order valence-electron chi connectivity index (χ4n) is 2.10. The molecule has 0 radical (unpaired) electrons. The Labute approximate surface area is 110 Å². The third kappa shape index (κ3) is 2.69. The van der Waals surface area contributed by atoms with Gasteiger partial charge in [-0.05, 0) is 31.7 Å². The lowest BCUT2D eigenvalue weighted by atomic mass is 10.2. The molecule has 1 unspecified atom stereocenters. The summed E-state index contributed by atoms with van der Waals surface area (Å²) in [6.45, 7) is 5.32. The lowest BCUT2D eigenvalue weighted by Crippen LogP contribution is -2.28. The number of hydrogen-bond acceptors (Lipinski definition) is 2. The standard InChI is InChI=1S/C13H18BrN3/c1-4-15-9(2)7-13-16-11-8-10(14)5-6-12(11)17(13)3/h5-6,8-9,15H,4,7H2,1-3H3. The van der Waals surface area contributed by atoms with E-state index in [1.165, 1.54) is 5.52 Å². The van der Waals surface area contributed by atoms with Crippen molar-refractivity contribution >= 4 is 27.0 Å². The van der Waals surface area contributed by atoms with E-state index in [0.717, 1.165) is 28.8 Å². The van der Waals surface area contributed by atoms with Gasteiger partial charge >= 0.3 is 0 Å². The maximum Gasteiger partial charge on any atom is 0.111 e. The molecule has 17 heavy (non-hydrogen) atoms. The van der Waals surface area contributed by atoms with Gasteiger partial charge in [0, 0.05) is 24.0 Å². The largest absolute Gasteiger partial charge is 0.331 e. The number of nitrogens with zero attached hydrogens (tertiary/aromatic N) is 2. The Kier molecular flexibility index (Phi) is 3.84. The highest BCUT2D eigenvalue weighted by Gasteiger charge is 2.10. The van der Waals surface area contributed by atoms with Gasteiger partial charge in [-0.3, -0.25) is 0 Å². The minimum atomic E-state index is 0.457. The molecule has 3 nitrogen and oxygen atoms in total. The van der Waals surface area contributed by atoms with Gasteiger partial charge in [0.15, 0.2) is 0 Å². The Morgan fingerprint density at radius 3 is 2.94 bits per heavy atom. The van der Waals surface area contributed by atoms with E-state index >= 15 is 0 Å². The maximum atomic E-state index is 4.69. The first-order valence-corrected chi connectivity index (χ1v) is 6.75. The van der Waals surface area contributed by atoms with Crippen molar-refractivity contribution in [3.05, 3.63) is 28.5 Å². The number of rotatable bonds is 4. The van der Waals surface area contributed by atoms with Crippen molar-refractivity contribution < 1.29 is 0 Å². The van der Waals surface area contributed by atoms with Gasteiger partial charge < -0.3 is 9.88 Å². The number of halogens is 1. The summed E-state index contributed by atoms with van der Waals surface area (Å²) in [6, 6.07) is 6.69. The zero-order chi connectivity index (χ0) is 12.4. The second-order valence-electron chi connectivity index (χ2n) is 4.38. The predicted molar refractivity (Wildman–Crippen MR) is 75.3 cm³/mol. The van der Waals surface area contributed by atoms with Gasteiger partial charge in [0.05, 0.1) is 11.0 Å². The normalized spacial score (nSPS) is 13.2. The predicted octanol–water partition coefficient (Wildman–Crippen LogP) is 2.88. The second-order valence-corrected chi connectivity index (χ2v) is 5.30. The number of fused-ring (bicyclic) bond motifs is 1. The fourth-order valence-corrected chi connectivity index (χ4v) is 2.45. The lowest BCUT2D eigenvalue weighted by molar-refractivity contribution is 0.545. The van der Waals surface area contributed by atoms with Gasteiger partial charge in [-0.25, -0.2) is 4.98 Å². The van der Waals surface area contributed by atoms with E-state index in [4.69, 9.17) is 0 Å². The molecule has 2 rings (SSSR count). The second kappa shape index (κ2) is 5.19. The summed E-state index contributed by atoms with van der Waals surface area (Å²) in [5.74, 6) is 1.13. The van der Waals surface area contributed by atoms with Crippen molar-refractivity contribution in [2.24, 2.45) is 7.05 Å². The first-order chi connectivity index (χ1) is 8.11. The Bertz CT molecular complexity index is 519. The van der Waals surface area contributed by atoms with Crippen LogP contribution in [0.1, 0.15) is 19.7 Å². The van der Waals surface area contributed by atoms with Gasteiger partial charge in [0.1, 0.15) is 5.82 Å². The maximum absolute atomic E-state index is 4.69. The molecule has 0 saturated carbocycles. The van der Waals surface area contributed by atoms with Crippen LogP contribution in [-0.2, 0) is 13.5 Å². The minimum absolute atomic E-state index is 0.457. The molecule has 1 aromatic carbocycles. The van der Waals surface area contributed by atoms with Crippen molar-refractivity contribution in [3.63, 3.8) is 0 Å². The third-order valence-electron chi connectivity index (χ3n) is 2.98. The van der Waals surface area contributed by atoms with Crippen LogP contribution in [0.3, 0.4) is 0 Å². The molecule has 0 fully saturated rings. The number of nitrogens with one attached hydrogen (secondary N) is 1. The highest BCUT2D eigenvalue weighted by molar-refractivity contribution is 9.10. The third-order valence-corrected chi connectivity index (χ3v) is 3.47.